The van der Waals surface area contributed by atoms with E-state index in [1.54, 1.807) is 0 Å². The Hall–Kier alpha value is -0.0600. The minimum Gasteiger partial charge on any atom is -0.390 e. The molecule has 1 rings (SSSR count). The van der Waals surface area contributed by atoms with Gasteiger partial charge in [0.05, 0.1) is 21.8 Å². The Morgan fingerprint density at radius 2 is 2.00 bits per heavy atom. The monoisotopic (exact) mass is 269 g/mol. The van der Waals surface area contributed by atoms with E-state index in [0.717, 1.165) is 0 Å². The van der Waals surface area contributed by atoms with Crippen LogP contribution in [0.25, 0.3) is 0 Å². The van der Waals surface area contributed by atoms with Crippen LogP contribution < -0.4 is 0 Å². The number of aromatic nitrogens is 1. The Labute approximate surface area is 103 Å². The van der Waals surface area contributed by atoms with Gasteiger partial charge >= 0.3 is 0 Å². The Kier molecular flexibility index (Phi) is 5.09. The second-order valence-electron chi connectivity index (χ2n) is 3.01. The van der Waals surface area contributed by atoms with Crippen molar-refractivity contribution >= 4 is 34.8 Å². The molecule has 1 heterocycles. The van der Waals surface area contributed by atoms with E-state index in [4.69, 9.17) is 34.8 Å². The number of pyridine rings is 1. The molecule has 0 aliphatic rings. The molecule has 0 saturated heterocycles. The van der Waals surface area contributed by atoms with E-state index in [-0.39, 0.29) is 23.0 Å². The molecule has 15 heavy (non-hydrogen) atoms. The summed E-state index contributed by atoms with van der Waals surface area (Å²) in [5.74, 6) is 0.253. The molecule has 0 spiro atoms. The Morgan fingerprint density at radius 3 is 2.53 bits per heavy atom. The molecule has 0 aliphatic carbocycles. The molecule has 0 radical (unpaired) electrons. The Bertz CT molecular complexity index is 335. The lowest BCUT2D eigenvalue weighted by molar-refractivity contribution is 0.0145. The largest absolute Gasteiger partial charge is 0.390 e. The first-order valence-electron chi connectivity index (χ1n) is 4.29. The van der Waals surface area contributed by atoms with Crippen molar-refractivity contribution in [2.75, 3.05) is 5.88 Å². The summed E-state index contributed by atoms with van der Waals surface area (Å²) in [4.78, 5) is 3.86. The Morgan fingerprint density at radius 1 is 1.33 bits per heavy atom. The number of nitrogens with zero attached hydrogens (tertiary/aromatic N) is 1. The number of hydrogen-bond acceptors (Lipinski definition) is 3. The molecule has 2 unspecified atom stereocenters. The number of aliphatic hydroxyl groups excluding tert-OH is 2. The molecule has 0 fully saturated rings. The van der Waals surface area contributed by atoms with E-state index in [1.807, 2.05) is 0 Å². The van der Waals surface area contributed by atoms with Crippen LogP contribution in [0.3, 0.4) is 0 Å². The number of halogens is 3. The minimum atomic E-state index is -1.14. The van der Waals surface area contributed by atoms with E-state index in [1.165, 1.54) is 12.3 Å². The summed E-state index contributed by atoms with van der Waals surface area (Å²) in [6.07, 6.45) is -0.495. The van der Waals surface area contributed by atoms with Gasteiger partial charge in [0.1, 0.15) is 6.10 Å². The van der Waals surface area contributed by atoms with Crippen LogP contribution in [0.15, 0.2) is 12.3 Å². The molecule has 6 heteroatoms. The fourth-order valence-corrected chi connectivity index (χ4v) is 1.81. The lowest BCUT2D eigenvalue weighted by Gasteiger charge is -2.17. The van der Waals surface area contributed by atoms with Gasteiger partial charge in [0.25, 0.3) is 0 Å². The third-order valence-electron chi connectivity index (χ3n) is 1.89. The highest BCUT2D eigenvalue weighted by Gasteiger charge is 2.21. The number of rotatable bonds is 4. The zero-order valence-corrected chi connectivity index (χ0v) is 9.97. The van der Waals surface area contributed by atoms with Crippen LogP contribution in [0.4, 0.5) is 0 Å². The minimum absolute atomic E-state index is 0.207. The van der Waals surface area contributed by atoms with Crippen molar-refractivity contribution in [3.05, 3.63) is 28.0 Å². The van der Waals surface area contributed by atoms with Gasteiger partial charge in [-0.3, -0.25) is 4.98 Å². The van der Waals surface area contributed by atoms with Gasteiger partial charge in [0.2, 0.25) is 0 Å². The normalized spacial score (nSPS) is 15.0. The standard InChI is InChI=1S/C9H10Cl3NO2/c10-2-1-7(14)9(15)8-6(12)3-5(11)4-13-8/h3-4,7,9,14-15H,1-2H2. The van der Waals surface area contributed by atoms with Crippen molar-refractivity contribution in [2.45, 2.75) is 18.6 Å². The van der Waals surface area contributed by atoms with Gasteiger partial charge in [-0.15, -0.1) is 11.6 Å². The summed E-state index contributed by atoms with van der Waals surface area (Å²) in [6, 6.07) is 1.46. The maximum atomic E-state index is 9.69. The average molecular weight is 271 g/mol. The van der Waals surface area contributed by atoms with Gasteiger partial charge in [0, 0.05) is 12.1 Å². The highest BCUT2D eigenvalue weighted by atomic mass is 35.5. The summed E-state index contributed by atoms with van der Waals surface area (Å²) in [6.45, 7) is 0. The highest BCUT2D eigenvalue weighted by Crippen LogP contribution is 2.26. The van der Waals surface area contributed by atoms with Crippen molar-refractivity contribution in [1.29, 1.82) is 0 Å². The first kappa shape index (κ1) is 13.0. The molecule has 84 valence electrons. The summed E-state index contributed by atoms with van der Waals surface area (Å²) in [7, 11) is 0. The lowest BCUT2D eigenvalue weighted by Crippen LogP contribution is -2.20. The van der Waals surface area contributed by atoms with Gasteiger partial charge in [-0.25, -0.2) is 0 Å². The van der Waals surface area contributed by atoms with Gasteiger partial charge in [-0.2, -0.15) is 0 Å². The van der Waals surface area contributed by atoms with Gasteiger partial charge in [0.15, 0.2) is 0 Å². The smallest absolute Gasteiger partial charge is 0.123 e. The molecule has 1 aromatic rings. The fraction of sp³-hybridized carbons (Fsp3) is 0.444. The molecule has 0 saturated carbocycles. The number of hydrogen-bond donors (Lipinski definition) is 2. The van der Waals surface area contributed by atoms with Crippen LogP contribution in [-0.2, 0) is 0 Å². The second kappa shape index (κ2) is 5.87. The summed E-state index contributed by atoms with van der Waals surface area (Å²) in [5.41, 5.74) is 0.207. The number of alkyl halides is 1. The van der Waals surface area contributed by atoms with Crippen molar-refractivity contribution in [2.24, 2.45) is 0 Å². The maximum Gasteiger partial charge on any atom is 0.123 e. The summed E-state index contributed by atoms with van der Waals surface area (Å²) >= 11 is 16.9. The maximum absolute atomic E-state index is 9.69. The summed E-state index contributed by atoms with van der Waals surface area (Å²) < 4.78 is 0. The Balaban J connectivity index is 2.86. The van der Waals surface area contributed by atoms with E-state index in [0.29, 0.717) is 5.02 Å². The molecular formula is C9H10Cl3NO2. The van der Waals surface area contributed by atoms with Crippen LogP contribution in [-0.4, -0.2) is 27.2 Å². The van der Waals surface area contributed by atoms with Crippen LogP contribution in [0.1, 0.15) is 18.2 Å². The van der Waals surface area contributed by atoms with E-state index >= 15 is 0 Å². The zero-order chi connectivity index (χ0) is 11.4. The van der Waals surface area contributed by atoms with Gasteiger partial charge < -0.3 is 10.2 Å². The second-order valence-corrected chi connectivity index (χ2v) is 4.23. The van der Waals surface area contributed by atoms with Crippen molar-refractivity contribution in [3.8, 4) is 0 Å². The first-order valence-corrected chi connectivity index (χ1v) is 5.58. The van der Waals surface area contributed by atoms with Gasteiger partial charge in [-0.1, -0.05) is 23.2 Å². The topological polar surface area (TPSA) is 53.4 Å². The van der Waals surface area contributed by atoms with Crippen molar-refractivity contribution in [3.63, 3.8) is 0 Å². The SMILES string of the molecule is OC(CCCl)C(O)c1ncc(Cl)cc1Cl. The predicted molar refractivity (Wildman–Crippen MR) is 60.6 cm³/mol. The molecule has 0 bridgehead atoms. The molecule has 0 aromatic carbocycles. The molecule has 3 nitrogen and oxygen atoms in total. The summed E-state index contributed by atoms with van der Waals surface area (Å²) in [5, 5.41) is 19.8. The quantitative estimate of drug-likeness (QED) is 0.826. The van der Waals surface area contributed by atoms with Crippen molar-refractivity contribution < 1.29 is 10.2 Å². The molecule has 2 atom stereocenters. The molecule has 0 aliphatic heterocycles. The predicted octanol–water partition coefficient (Wildman–Crippen LogP) is 2.41. The lowest BCUT2D eigenvalue weighted by atomic mass is 10.1. The molecule has 1 aromatic heterocycles. The van der Waals surface area contributed by atoms with Crippen LogP contribution >= 0.6 is 34.8 Å². The van der Waals surface area contributed by atoms with E-state index < -0.39 is 12.2 Å². The van der Waals surface area contributed by atoms with Gasteiger partial charge in [-0.05, 0) is 12.5 Å². The number of aliphatic hydroxyl groups is 2. The average Bonchev–Trinajstić information content (AvgIpc) is 2.17. The zero-order valence-electron chi connectivity index (χ0n) is 7.70. The molecular weight excluding hydrogens is 260 g/mol. The van der Waals surface area contributed by atoms with Crippen LogP contribution in [0.5, 0.6) is 0 Å². The van der Waals surface area contributed by atoms with Crippen LogP contribution in [0, 0.1) is 0 Å². The van der Waals surface area contributed by atoms with Crippen LogP contribution in [0.2, 0.25) is 10.0 Å². The first-order chi connectivity index (χ1) is 7.06. The fourth-order valence-electron chi connectivity index (χ4n) is 1.09. The third kappa shape index (κ3) is 3.47. The third-order valence-corrected chi connectivity index (χ3v) is 2.61. The van der Waals surface area contributed by atoms with E-state index in [9.17, 15) is 10.2 Å². The van der Waals surface area contributed by atoms with Crippen molar-refractivity contribution in [1.82, 2.24) is 4.98 Å². The highest BCUT2D eigenvalue weighted by molar-refractivity contribution is 6.34. The molecule has 2 N–H and O–H groups in total. The molecule has 0 amide bonds. The van der Waals surface area contributed by atoms with E-state index in [2.05, 4.69) is 4.98 Å².